The van der Waals surface area contributed by atoms with Crippen molar-refractivity contribution in [2.75, 3.05) is 37.3 Å². The molecule has 1 aromatic carbocycles. The number of anilines is 2. The zero-order chi connectivity index (χ0) is 12.8. The Morgan fingerprint density at radius 1 is 1.28 bits per heavy atom. The van der Waals surface area contributed by atoms with Crippen LogP contribution >= 0.6 is 0 Å². The fraction of sp³-hybridized carbons (Fsp3) is 0.462. The lowest BCUT2D eigenvalue weighted by Crippen LogP contribution is -2.26. The third kappa shape index (κ3) is 3.92. The normalized spacial score (nSPS) is 15.6. The Balaban J connectivity index is 1.66. The molecule has 2 rings (SSSR count). The minimum atomic E-state index is -0.418. The number of carbonyl (C=O) groups excluding carboxylic acids is 1. The highest BCUT2D eigenvalue weighted by atomic mass is 16.5. The molecular formula is C13H19N3O2. The number of nitrogen functional groups attached to an aromatic ring is 1. The third-order valence-corrected chi connectivity index (χ3v) is 3.00. The third-order valence-electron chi connectivity index (χ3n) is 3.00. The molecule has 1 heterocycles. The predicted octanol–water partition coefficient (Wildman–Crippen LogP) is 1.91. The molecule has 1 fully saturated rings. The first-order valence-electron chi connectivity index (χ1n) is 6.26. The standard InChI is InChI=1S/C13H19N3O2/c14-11-3-5-12(6-4-11)15-13(17)18-10-9-16-7-1-2-8-16/h3-6H,1-2,7-10,14H2,(H,15,17). The van der Waals surface area contributed by atoms with Crippen LogP contribution in [-0.4, -0.2) is 37.2 Å². The summed E-state index contributed by atoms with van der Waals surface area (Å²) in [5.74, 6) is 0. The van der Waals surface area contributed by atoms with Crippen molar-refractivity contribution in [3.63, 3.8) is 0 Å². The number of nitrogens with zero attached hydrogens (tertiary/aromatic N) is 1. The van der Waals surface area contributed by atoms with Crippen LogP contribution in [0, 0.1) is 0 Å². The second kappa shape index (κ2) is 6.26. The van der Waals surface area contributed by atoms with Crippen LogP contribution in [-0.2, 0) is 4.74 Å². The van der Waals surface area contributed by atoms with Crippen molar-refractivity contribution < 1.29 is 9.53 Å². The quantitative estimate of drug-likeness (QED) is 0.800. The molecule has 0 aliphatic carbocycles. The van der Waals surface area contributed by atoms with Crippen molar-refractivity contribution in [2.24, 2.45) is 0 Å². The van der Waals surface area contributed by atoms with Crippen molar-refractivity contribution >= 4 is 17.5 Å². The molecule has 0 atom stereocenters. The van der Waals surface area contributed by atoms with Gasteiger partial charge in [0.25, 0.3) is 0 Å². The largest absolute Gasteiger partial charge is 0.448 e. The number of amides is 1. The molecule has 1 aliphatic rings. The molecule has 0 saturated carbocycles. The SMILES string of the molecule is Nc1ccc(NC(=O)OCCN2CCCC2)cc1. The van der Waals surface area contributed by atoms with Crippen LogP contribution < -0.4 is 11.1 Å². The van der Waals surface area contributed by atoms with Gasteiger partial charge in [-0.3, -0.25) is 10.2 Å². The monoisotopic (exact) mass is 249 g/mol. The lowest BCUT2D eigenvalue weighted by molar-refractivity contribution is 0.146. The molecule has 1 aliphatic heterocycles. The zero-order valence-corrected chi connectivity index (χ0v) is 10.4. The van der Waals surface area contributed by atoms with Gasteiger partial charge in [-0.15, -0.1) is 0 Å². The Hall–Kier alpha value is -1.75. The van der Waals surface area contributed by atoms with Crippen LogP contribution in [0.15, 0.2) is 24.3 Å². The Labute approximate surface area is 107 Å². The molecule has 0 spiro atoms. The van der Waals surface area contributed by atoms with Gasteiger partial charge in [0.05, 0.1) is 0 Å². The molecule has 5 nitrogen and oxygen atoms in total. The van der Waals surface area contributed by atoms with E-state index in [-0.39, 0.29) is 0 Å². The molecule has 0 radical (unpaired) electrons. The average molecular weight is 249 g/mol. The number of rotatable bonds is 4. The van der Waals surface area contributed by atoms with E-state index in [0.29, 0.717) is 18.0 Å². The summed E-state index contributed by atoms with van der Waals surface area (Å²) in [5.41, 5.74) is 6.92. The summed E-state index contributed by atoms with van der Waals surface area (Å²) in [5, 5.41) is 2.66. The number of hydrogen-bond donors (Lipinski definition) is 2. The van der Waals surface area contributed by atoms with E-state index in [0.717, 1.165) is 19.6 Å². The zero-order valence-electron chi connectivity index (χ0n) is 10.4. The number of hydrogen-bond acceptors (Lipinski definition) is 4. The molecule has 0 aromatic heterocycles. The van der Waals surface area contributed by atoms with Gasteiger partial charge in [0.2, 0.25) is 0 Å². The van der Waals surface area contributed by atoms with Crippen LogP contribution in [0.5, 0.6) is 0 Å². The maximum Gasteiger partial charge on any atom is 0.411 e. The topological polar surface area (TPSA) is 67.6 Å². The van der Waals surface area contributed by atoms with E-state index in [1.54, 1.807) is 24.3 Å². The summed E-state index contributed by atoms with van der Waals surface area (Å²) < 4.78 is 5.12. The molecule has 18 heavy (non-hydrogen) atoms. The maximum atomic E-state index is 11.5. The predicted molar refractivity (Wildman–Crippen MR) is 71.5 cm³/mol. The molecule has 5 heteroatoms. The molecule has 1 saturated heterocycles. The second-order valence-corrected chi connectivity index (χ2v) is 4.43. The van der Waals surface area contributed by atoms with Crippen LogP contribution in [0.1, 0.15) is 12.8 Å². The molecule has 1 amide bonds. The van der Waals surface area contributed by atoms with Crippen molar-refractivity contribution in [2.45, 2.75) is 12.8 Å². The molecule has 98 valence electrons. The van der Waals surface area contributed by atoms with Gasteiger partial charge < -0.3 is 10.5 Å². The highest BCUT2D eigenvalue weighted by molar-refractivity contribution is 5.84. The molecule has 3 N–H and O–H groups in total. The first-order chi connectivity index (χ1) is 8.74. The lowest BCUT2D eigenvalue weighted by Gasteiger charge is -2.14. The Kier molecular flexibility index (Phi) is 4.41. The number of carbonyl (C=O) groups is 1. The lowest BCUT2D eigenvalue weighted by atomic mass is 10.3. The first-order valence-corrected chi connectivity index (χ1v) is 6.26. The minimum Gasteiger partial charge on any atom is -0.448 e. The summed E-state index contributed by atoms with van der Waals surface area (Å²) in [7, 11) is 0. The van der Waals surface area contributed by atoms with E-state index in [2.05, 4.69) is 10.2 Å². The van der Waals surface area contributed by atoms with Gasteiger partial charge in [0.1, 0.15) is 6.61 Å². The van der Waals surface area contributed by atoms with Crippen LogP contribution in [0.3, 0.4) is 0 Å². The molecule has 1 aromatic rings. The van der Waals surface area contributed by atoms with Gasteiger partial charge in [-0.1, -0.05) is 0 Å². The maximum absolute atomic E-state index is 11.5. The van der Waals surface area contributed by atoms with E-state index in [1.165, 1.54) is 12.8 Å². The van der Waals surface area contributed by atoms with E-state index in [1.807, 2.05) is 0 Å². The summed E-state index contributed by atoms with van der Waals surface area (Å²) in [6.07, 6.45) is 2.08. The van der Waals surface area contributed by atoms with Crippen LogP contribution in [0.2, 0.25) is 0 Å². The van der Waals surface area contributed by atoms with Crippen molar-refractivity contribution in [1.82, 2.24) is 4.90 Å². The summed E-state index contributed by atoms with van der Waals surface area (Å²) in [6, 6.07) is 6.97. The van der Waals surface area contributed by atoms with Crippen molar-refractivity contribution in [3.05, 3.63) is 24.3 Å². The van der Waals surface area contributed by atoms with E-state index >= 15 is 0 Å². The average Bonchev–Trinajstić information content (AvgIpc) is 2.85. The van der Waals surface area contributed by atoms with Crippen LogP contribution in [0.4, 0.5) is 16.2 Å². The summed E-state index contributed by atoms with van der Waals surface area (Å²) in [6.45, 7) is 3.47. The van der Waals surface area contributed by atoms with Gasteiger partial charge in [-0.05, 0) is 50.2 Å². The number of likely N-dealkylation sites (tertiary alicyclic amines) is 1. The molecule has 0 unspecified atom stereocenters. The van der Waals surface area contributed by atoms with Gasteiger partial charge in [-0.2, -0.15) is 0 Å². The Morgan fingerprint density at radius 3 is 2.61 bits per heavy atom. The van der Waals surface area contributed by atoms with Crippen LogP contribution in [0.25, 0.3) is 0 Å². The fourth-order valence-corrected chi connectivity index (χ4v) is 1.99. The number of nitrogens with two attached hydrogens (primary N) is 1. The second-order valence-electron chi connectivity index (χ2n) is 4.43. The van der Waals surface area contributed by atoms with E-state index in [4.69, 9.17) is 10.5 Å². The smallest absolute Gasteiger partial charge is 0.411 e. The van der Waals surface area contributed by atoms with Gasteiger partial charge in [-0.25, -0.2) is 4.79 Å². The Morgan fingerprint density at radius 2 is 1.94 bits per heavy atom. The Bertz CT molecular complexity index is 386. The number of nitrogens with one attached hydrogen (secondary N) is 1. The minimum absolute atomic E-state index is 0.418. The van der Waals surface area contributed by atoms with Gasteiger partial charge in [0.15, 0.2) is 0 Å². The number of benzene rings is 1. The first kappa shape index (κ1) is 12.7. The van der Waals surface area contributed by atoms with Gasteiger partial charge >= 0.3 is 6.09 Å². The summed E-state index contributed by atoms with van der Waals surface area (Å²) >= 11 is 0. The van der Waals surface area contributed by atoms with Gasteiger partial charge in [0, 0.05) is 17.9 Å². The molecule has 0 bridgehead atoms. The highest BCUT2D eigenvalue weighted by Crippen LogP contribution is 2.11. The number of ether oxygens (including phenoxy) is 1. The summed E-state index contributed by atoms with van der Waals surface area (Å²) in [4.78, 5) is 13.8. The highest BCUT2D eigenvalue weighted by Gasteiger charge is 2.11. The van der Waals surface area contributed by atoms with Crippen molar-refractivity contribution in [1.29, 1.82) is 0 Å². The molecular weight excluding hydrogens is 230 g/mol. The van der Waals surface area contributed by atoms with Crippen molar-refractivity contribution in [3.8, 4) is 0 Å². The fourth-order valence-electron chi connectivity index (χ4n) is 1.99. The van der Waals surface area contributed by atoms with E-state index in [9.17, 15) is 4.79 Å². The van der Waals surface area contributed by atoms with E-state index < -0.39 is 6.09 Å².